The predicted molar refractivity (Wildman–Crippen MR) is 156 cm³/mol. The number of aryl methyl sites for hydroxylation is 1. The van der Waals surface area contributed by atoms with Crippen LogP contribution in [0.25, 0.3) is 0 Å². The summed E-state index contributed by atoms with van der Waals surface area (Å²) in [5.74, 6) is 1.61. The van der Waals surface area contributed by atoms with Crippen molar-refractivity contribution in [2.45, 2.75) is 49.7 Å². The van der Waals surface area contributed by atoms with Gasteiger partial charge in [-0.1, -0.05) is 78.9 Å². The number of aliphatic hydroxyl groups is 2. The minimum atomic E-state index is -0.936. The highest BCUT2D eigenvalue weighted by molar-refractivity contribution is 5.53. The van der Waals surface area contributed by atoms with E-state index in [1.165, 1.54) is 33.5 Å². The van der Waals surface area contributed by atoms with Crippen molar-refractivity contribution in [1.82, 2.24) is 0 Å². The summed E-state index contributed by atoms with van der Waals surface area (Å²) in [7, 11) is 0. The molecular formula is C35H37NO3. The minimum absolute atomic E-state index is 0.166. The van der Waals surface area contributed by atoms with Gasteiger partial charge in [-0.05, 0) is 83.7 Å². The molecule has 0 radical (unpaired) electrons. The molecule has 1 fully saturated rings. The Bertz CT molecular complexity index is 1360. The summed E-state index contributed by atoms with van der Waals surface area (Å²) in [6, 6.07) is 36.9. The third-order valence-corrected chi connectivity index (χ3v) is 8.66. The van der Waals surface area contributed by atoms with Crippen LogP contribution in [0.2, 0.25) is 0 Å². The summed E-state index contributed by atoms with van der Waals surface area (Å²) in [6.45, 7) is 1.91. The van der Waals surface area contributed by atoms with Crippen molar-refractivity contribution in [1.29, 1.82) is 0 Å². The first-order valence-corrected chi connectivity index (χ1v) is 14.1. The summed E-state index contributed by atoms with van der Waals surface area (Å²) in [6.07, 6.45) is 3.31. The Morgan fingerprint density at radius 3 is 2.18 bits per heavy atom. The fraction of sp³-hybridized carbons (Fsp3) is 0.314. The fourth-order valence-electron chi connectivity index (χ4n) is 6.33. The average Bonchev–Trinajstić information content (AvgIpc) is 3.01. The smallest absolute Gasteiger partial charge is 0.120 e. The molecule has 4 aromatic rings. The summed E-state index contributed by atoms with van der Waals surface area (Å²) < 4.78 is 6.18. The summed E-state index contributed by atoms with van der Waals surface area (Å²) in [4.78, 5) is 2.31. The van der Waals surface area contributed by atoms with Gasteiger partial charge in [0.1, 0.15) is 12.4 Å². The highest BCUT2D eigenvalue weighted by atomic mass is 16.5. The van der Waals surface area contributed by atoms with Gasteiger partial charge in [-0.15, -0.1) is 0 Å². The van der Waals surface area contributed by atoms with E-state index in [1.54, 1.807) is 0 Å². The lowest BCUT2D eigenvalue weighted by molar-refractivity contribution is -0.0325. The lowest BCUT2D eigenvalue weighted by atomic mass is 9.69. The van der Waals surface area contributed by atoms with Crippen molar-refractivity contribution in [2.24, 2.45) is 0 Å². The van der Waals surface area contributed by atoms with E-state index in [1.807, 2.05) is 18.2 Å². The molecule has 4 heteroatoms. The van der Waals surface area contributed by atoms with Crippen molar-refractivity contribution in [2.75, 3.05) is 24.6 Å². The third kappa shape index (κ3) is 5.59. The van der Waals surface area contributed by atoms with E-state index < -0.39 is 5.60 Å². The molecule has 0 saturated carbocycles. The Kier molecular flexibility index (Phi) is 7.40. The highest BCUT2D eigenvalue weighted by Gasteiger charge is 2.33. The Morgan fingerprint density at radius 2 is 1.49 bits per heavy atom. The molecule has 4 nitrogen and oxygen atoms in total. The number of nitrogens with zero attached hydrogens (tertiary/aromatic N) is 1. The maximum atomic E-state index is 10.4. The second-order valence-electron chi connectivity index (χ2n) is 11.1. The largest absolute Gasteiger partial charge is 0.489 e. The van der Waals surface area contributed by atoms with Gasteiger partial charge in [0, 0.05) is 24.7 Å². The topological polar surface area (TPSA) is 52.9 Å². The molecule has 200 valence electrons. The van der Waals surface area contributed by atoms with Crippen LogP contribution >= 0.6 is 0 Å². The second-order valence-corrected chi connectivity index (χ2v) is 11.1. The molecule has 0 bridgehead atoms. The van der Waals surface area contributed by atoms with Crippen LogP contribution < -0.4 is 9.64 Å². The lowest BCUT2D eigenvalue weighted by Gasteiger charge is -2.38. The summed E-state index contributed by atoms with van der Waals surface area (Å²) in [5.41, 5.74) is 6.90. The molecule has 6 rings (SSSR count). The number of benzene rings is 4. The lowest BCUT2D eigenvalue weighted by Crippen LogP contribution is -2.46. The molecule has 0 amide bonds. The van der Waals surface area contributed by atoms with Gasteiger partial charge in [0.25, 0.3) is 0 Å². The maximum Gasteiger partial charge on any atom is 0.120 e. The van der Waals surface area contributed by atoms with Crippen molar-refractivity contribution >= 4 is 5.69 Å². The first-order chi connectivity index (χ1) is 19.1. The first kappa shape index (κ1) is 25.7. The van der Waals surface area contributed by atoms with Gasteiger partial charge in [-0.2, -0.15) is 0 Å². The van der Waals surface area contributed by atoms with Gasteiger partial charge >= 0.3 is 0 Å². The van der Waals surface area contributed by atoms with Gasteiger partial charge in [0.2, 0.25) is 0 Å². The number of hydrogen-bond donors (Lipinski definition) is 2. The minimum Gasteiger partial charge on any atom is -0.489 e. The molecule has 1 aliphatic carbocycles. The molecule has 2 atom stereocenters. The van der Waals surface area contributed by atoms with Crippen molar-refractivity contribution in [3.8, 4) is 5.75 Å². The SMILES string of the molecule is OCC1(O)CCN(c2ccc([C@@H]3c4ccc(OCc5ccccc5)cc4CCC3c3ccccc3)cc2)CC1. The molecule has 2 aliphatic rings. The number of piperidine rings is 1. The molecule has 1 unspecified atom stereocenters. The van der Waals surface area contributed by atoms with Gasteiger partial charge < -0.3 is 19.8 Å². The van der Waals surface area contributed by atoms with E-state index in [9.17, 15) is 10.2 Å². The molecule has 1 saturated heterocycles. The number of rotatable bonds is 7. The van der Waals surface area contributed by atoms with Crippen LogP contribution in [0.15, 0.2) is 103 Å². The highest BCUT2D eigenvalue weighted by Crippen LogP contribution is 2.47. The van der Waals surface area contributed by atoms with Crippen LogP contribution in [0.1, 0.15) is 58.9 Å². The molecular weight excluding hydrogens is 482 g/mol. The van der Waals surface area contributed by atoms with Crippen LogP contribution in [0.4, 0.5) is 5.69 Å². The Balaban J connectivity index is 1.27. The van der Waals surface area contributed by atoms with Gasteiger partial charge in [-0.3, -0.25) is 0 Å². The monoisotopic (exact) mass is 519 g/mol. The van der Waals surface area contributed by atoms with Crippen molar-refractivity contribution in [3.05, 3.63) is 131 Å². The molecule has 1 heterocycles. The second kappa shape index (κ2) is 11.3. The molecule has 0 aromatic heterocycles. The first-order valence-electron chi connectivity index (χ1n) is 14.1. The normalized spacial score (nSPS) is 20.3. The zero-order valence-corrected chi connectivity index (χ0v) is 22.4. The predicted octanol–water partition coefficient (Wildman–Crippen LogP) is 6.45. The Labute approximate surface area is 231 Å². The van der Waals surface area contributed by atoms with Gasteiger partial charge in [0.15, 0.2) is 0 Å². The van der Waals surface area contributed by atoms with Gasteiger partial charge in [-0.25, -0.2) is 0 Å². The molecule has 39 heavy (non-hydrogen) atoms. The number of anilines is 1. The number of fused-ring (bicyclic) bond motifs is 1. The van der Waals surface area contributed by atoms with Crippen LogP contribution in [-0.4, -0.2) is 35.5 Å². The third-order valence-electron chi connectivity index (χ3n) is 8.66. The number of hydrogen-bond acceptors (Lipinski definition) is 4. The van der Waals surface area contributed by atoms with Crippen LogP contribution in [-0.2, 0) is 13.0 Å². The summed E-state index contributed by atoms with van der Waals surface area (Å²) in [5, 5.41) is 19.9. The Hall–Kier alpha value is -3.60. The summed E-state index contributed by atoms with van der Waals surface area (Å²) >= 11 is 0. The quantitative estimate of drug-likeness (QED) is 0.295. The van der Waals surface area contributed by atoms with Crippen LogP contribution in [0.5, 0.6) is 5.75 Å². The van der Waals surface area contributed by atoms with Crippen molar-refractivity contribution < 1.29 is 14.9 Å². The van der Waals surface area contributed by atoms with Crippen LogP contribution in [0.3, 0.4) is 0 Å². The zero-order chi connectivity index (χ0) is 26.7. The molecule has 1 aliphatic heterocycles. The van der Waals surface area contributed by atoms with E-state index in [4.69, 9.17) is 4.74 Å². The van der Waals surface area contributed by atoms with E-state index >= 15 is 0 Å². The molecule has 4 aromatic carbocycles. The fourth-order valence-corrected chi connectivity index (χ4v) is 6.33. The van der Waals surface area contributed by atoms with E-state index in [0.29, 0.717) is 25.4 Å². The van der Waals surface area contributed by atoms with Crippen LogP contribution in [0, 0.1) is 0 Å². The zero-order valence-electron chi connectivity index (χ0n) is 22.4. The number of aliphatic hydroxyl groups excluding tert-OH is 1. The molecule has 2 N–H and O–H groups in total. The van der Waals surface area contributed by atoms with E-state index in [2.05, 4.69) is 89.8 Å². The maximum absolute atomic E-state index is 10.4. The number of ether oxygens (including phenoxy) is 1. The average molecular weight is 520 g/mol. The van der Waals surface area contributed by atoms with E-state index in [0.717, 1.165) is 31.7 Å². The van der Waals surface area contributed by atoms with Gasteiger partial charge in [0.05, 0.1) is 12.2 Å². The standard InChI is InChI=1S/C35H37NO3/c37-25-35(38)19-21-36(22-20-35)30-14-11-28(12-15-30)34-32(27-9-5-2-6-10-27)17-13-29-23-31(16-18-33(29)34)39-24-26-7-3-1-4-8-26/h1-12,14-16,18,23,32,34,37-38H,13,17,19-22,24-25H2/t32?,34-/m0/s1. The molecule has 0 spiro atoms. The van der Waals surface area contributed by atoms with E-state index in [-0.39, 0.29) is 12.5 Å². The van der Waals surface area contributed by atoms with Crippen molar-refractivity contribution in [3.63, 3.8) is 0 Å². The Morgan fingerprint density at radius 1 is 0.795 bits per heavy atom.